The van der Waals surface area contributed by atoms with Crippen LogP contribution in [0.4, 0.5) is 8.78 Å². The lowest BCUT2D eigenvalue weighted by atomic mass is 9.99. The number of halogens is 2. The summed E-state index contributed by atoms with van der Waals surface area (Å²) in [5.41, 5.74) is 1.16. The summed E-state index contributed by atoms with van der Waals surface area (Å²) < 4.78 is 29.2. The van der Waals surface area contributed by atoms with Crippen LogP contribution >= 0.6 is 0 Å². The standard InChI is InChI=1S/C14H17F2N3/c1-17-13(7-6-10-8-18-19(2)9-10)14-11(15)4-3-5-12(14)16/h3-5,8-9,13,17H,6-7H2,1-2H3. The zero-order chi connectivity index (χ0) is 13.8. The Balaban J connectivity index is 2.12. The van der Waals surface area contributed by atoms with E-state index < -0.39 is 11.6 Å². The monoisotopic (exact) mass is 265 g/mol. The van der Waals surface area contributed by atoms with Crippen LogP contribution in [0.1, 0.15) is 23.6 Å². The van der Waals surface area contributed by atoms with Crippen molar-refractivity contribution in [3.8, 4) is 0 Å². The van der Waals surface area contributed by atoms with Crippen LogP contribution in [0.25, 0.3) is 0 Å². The highest BCUT2D eigenvalue weighted by Gasteiger charge is 2.18. The average Bonchev–Trinajstić information content (AvgIpc) is 2.79. The second-order valence-electron chi connectivity index (χ2n) is 4.54. The summed E-state index contributed by atoms with van der Waals surface area (Å²) in [6.07, 6.45) is 5.00. The van der Waals surface area contributed by atoms with Crippen LogP contribution in [-0.2, 0) is 13.5 Å². The van der Waals surface area contributed by atoms with Gasteiger partial charge in [-0.2, -0.15) is 5.10 Å². The van der Waals surface area contributed by atoms with E-state index in [4.69, 9.17) is 0 Å². The Morgan fingerprint density at radius 2 is 2.00 bits per heavy atom. The maximum atomic E-state index is 13.7. The van der Waals surface area contributed by atoms with E-state index in [9.17, 15) is 8.78 Å². The van der Waals surface area contributed by atoms with E-state index in [-0.39, 0.29) is 11.6 Å². The first kappa shape index (κ1) is 13.7. The van der Waals surface area contributed by atoms with Crippen molar-refractivity contribution in [2.75, 3.05) is 7.05 Å². The second-order valence-corrected chi connectivity index (χ2v) is 4.54. The molecule has 5 heteroatoms. The molecule has 0 saturated carbocycles. The molecule has 1 unspecified atom stereocenters. The number of rotatable bonds is 5. The van der Waals surface area contributed by atoms with Crippen molar-refractivity contribution in [3.05, 3.63) is 53.4 Å². The summed E-state index contributed by atoms with van der Waals surface area (Å²) >= 11 is 0. The molecule has 0 aliphatic carbocycles. The van der Waals surface area contributed by atoms with E-state index in [1.165, 1.54) is 18.2 Å². The largest absolute Gasteiger partial charge is 0.313 e. The molecule has 0 fully saturated rings. The molecule has 0 aliphatic rings. The van der Waals surface area contributed by atoms with Crippen molar-refractivity contribution < 1.29 is 8.78 Å². The van der Waals surface area contributed by atoms with Gasteiger partial charge in [0.15, 0.2) is 0 Å². The predicted octanol–water partition coefficient (Wildman–Crippen LogP) is 2.59. The highest BCUT2D eigenvalue weighted by molar-refractivity contribution is 5.23. The molecule has 0 saturated heterocycles. The fourth-order valence-electron chi connectivity index (χ4n) is 2.19. The zero-order valence-corrected chi connectivity index (χ0v) is 11.0. The highest BCUT2D eigenvalue weighted by Crippen LogP contribution is 2.24. The van der Waals surface area contributed by atoms with Crippen molar-refractivity contribution in [1.29, 1.82) is 0 Å². The Morgan fingerprint density at radius 1 is 1.32 bits per heavy atom. The first-order valence-electron chi connectivity index (χ1n) is 6.20. The maximum absolute atomic E-state index is 13.7. The van der Waals surface area contributed by atoms with E-state index in [1.54, 1.807) is 17.9 Å². The number of hydrogen-bond donors (Lipinski definition) is 1. The normalized spacial score (nSPS) is 12.6. The highest BCUT2D eigenvalue weighted by atomic mass is 19.1. The van der Waals surface area contributed by atoms with E-state index in [0.717, 1.165) is 5.56 Å². The van der Waals surface area contributed by atoms with Gasteiger partial charge in [0.1, 0.15) is 11.6 Å². The second kappa shape index (κ2) is 5.93. The van der Waals surface area contributed by atoms with Gasteiger partial charge in [-0.15, -0.1) is 0 Å². The fourth-order valence-corrected chi connectivity index (χ4v) is 2.19. The van der Waals surface area contributed by atoms with Crippen LogP contribution in [0.3, 0.4) is 0 Å². The lowest BCUT2D eigenvalue weighted by molar-refractivity contribution is 0.471. The number of benzene rings is 1. The lowest BCUT2D eigenvalue weighted by Crippen LogP contribution is -2.20. The van der Waals surface area contributed by atoms with Crippen molar-refractivity contribution in [3.63, 3.8) is 0 Å². The molecule has 1 aromatic carbocycles. The summed E-state index contributed by atoms with van der Waals surface area (Å²) in [7, 11) is 3.55. The van der Waals surface area contributed by atoms with Crippen molar-refractivity contribution >= 4 is 0 Å². The average molecular weight is 265 g/mol. The molecule has 0 aliphatic heterocycles. The minimum Gasteiger partial charge on any atom is -0.313 e. The van der Waals surface area contributed by atoms with Crippen LogP contribution in [0.5, 0.6) is 0 Å². The fraction of sp³-hybridized carbons (Fsp3) is 0.357. The molecule has 0 spiro atoms. The van der Waals surface area contributed by atoms with E-state index >= 15 is 0 Å². The lowest BCUT2D eigenvalue weighted by Gasteiger charge is -2.17. The van der Waals surface area contributed by atoms with Gasteiger partial charge in [0.05, 0.1) is 6.20 Å². The molecule has 2 rings (SSSR count). The van der Waals surface area contributed by atoms with Gasteiger partial charge in [0, 0.05) is 24.8 Å². The number of hydrogen-bond acceptors (Lipinski definition) is 2. The molecule has 2 aromatic rings. The Hall–Kier alpha value is -1.75. The minimum atomic E-state index is -0.509. The quantitative estimate of drug-likeness (QED) is 0.900. The van der Waals surface area contributed by atoms with Crippen LogP contribution in [0.15, 0.2) is 30.6 Å². The Bertz CT molecular complexity index is 531. The van der Waals surface area contributed by atoms with Crippen LogP contribution in [-0.4, -0.2) is 16.8 Å². The molecular formula is C14H17F2N3. The van der Waals surface area contributed by atoms with Gasteiger partial charge in [-0.1, -0.05) is 6.07 Å². The predicted molar refractivity (Wildman–Crippen MR) is 69.7 cm³/mol. The van der Waals surface area contributed by atoms with Gasteiger partial charge < -0.3 is 5.32 Å². The number of aromatic nitrogens is 2. The summed E-state index contributed by atoms with van der Waals surface area (Å²) in [6, 6.07) is 3.60. The minimum absolute atomic E-state index is 0.105. The number of aryl methyl sites for hydroxylation is 2. The smallest absolute Gasteiger partial charge is 0.130 e. The molecule has 19 heavy (non-hydrogen) atoms. The number of nitrogens with one attached hydrogen (secondary N) is 1. The first-order valence-corrected chi connectivity index (χ1v) is 6.20. The molecular weight excluding hydrogens is 248 g/mol. The molecule has 0 bridgehead atoms. The van der Waals surface area contributed by atoms with Crippen LogP contribution in [0, 0.1) is 11.6 Å². The van der Waals surface area contributed by atoms with Gasteiger partial charge >= 0.3 is 0 Å². The topological polar surface area (TPSA) is 29.9 Å². The Kier molecular flexibility index (Phi) is 4.27. The van der Waals surface area contributed by atoms with Gasteiger partial charge in [-0.25, -0.2) is 8.78 Å². The third kappa shape index (κ3) is 3.17. The molecule has 1 N–H and O–H groups in total. The summed E-state index contributed by atoms with van der Waals surface area (Å²) in [4.78, 5) is 0. The van der Waals surface area contributed by atoms with Gasteiger partial charge in [-0.05, 0) is 37.6 Å². The molecule has 0 amide bonds. The van der Waals surface area contributed by atoms with Crippen LogP contribution in [0.2, 0.25) is 0 Å². The van der Waals surface area contributed by atoms with Gasteiger partial charge in [-0.3, -0.25) is 4.68 Å². The molecule has 3 nitrogen and oxygen atoms in total. The van der Waals surface area contributed by atoms with Gasteiger partial charge in [0.25, 0.3) is 0 Å². The first-order chi connectivity index (χ1) is 9.11. The van der Waals surface area contributed by atoms with Crippen molar-refractivity contribution in [2.24, 2.45) is 7.05 Å². The molecule has 1 aromatic heterocycles. The third-order valence-corrected chi connectivity index (χ3v) is 3.18. The Labute approximate surface area is 111 Å². The third-order valence-electron chi connectivity index (χ3n) is 3.18. The maximum Gasteiger partial charge on any atom is 0.130 e. The Morgan fingerprint density at radius 3 is 2.53 bits per heavy atom. The van der Waals surface area contributed by atoms with Crippen LogP contribution < -0.4 is 5.32 Å². The molecule has 1 heterocycles. The zero-order valence-electron chi connectivity index (χ0n) is 11.0. The van der Waals surface area contributed by atoms with E-state index in [2.05, 4.69) is 10.4 Å². The van der Waals surface area contributed by atoms with Crippen molar-refractivity contribution in [1.82, 2.24) is 15.1 Å². The van der Waals surface area contributed by atoms with E-state index in [0.29, 0.717) is 12.8 Å². The molecule has 102 valence electrons. The summed E-state index contributed by atoms with van der Waals surface area (Å²) in [5, 5.41) is 7.05. The SMILES string of the molecule is CNC(CCc1cnn(C)c1)c1c(F)cccc1F. The molecule has 1 atom stereocenters. The molecule has 0 radical (unpaired) electrons. The van der Waals surface area contributed by atoms with Crippen molar-refractivity contribution in [2.45, 2.75) is 18.9 Å². The van der Waals surface area contributed by atoms with Gasteiger partial charge in [0.2, 0.25) is 0 Å². The number of nitrogens with zero attached hydrogens (tertiary/aromatic N) is 2. The summed E-state index contributed by atoms with van der Waals surface area (Å²) in [5.74, 6) is -1.02. The summed E-state index contributed by atoms with van der Waals surface area (Å²) in [6.45, 7) is 0. The van der Waals surface area contributed by atoms with E-state index in [1.807, 2.05) is 13.2 Å².